The summed E-state index contributed by atoms with van der Waals surface area (Å²) >= 11 is 0. The third kappa shape index (κ3) is 4.01. The van der Waals surface area contributed by atoms with Crippen LogP contribution in [0.25, 0.3) is 0 Å². The SMILES string of the molecule is [CH-]=CC1=C(C2CCCCC2)CC(CCC)C=C1C1CCCCC1. The number of hydrogen-bond donors (Lipinski definition) is 0. The van der Waals surface area contributed by atoms with Crippen LogP contribution in [0.5, 0.6) is 0 Å². The summed E-state index contributed by atoms with van der Waals surface area (Å²) in [5.41, 5.74) is 4.88. The Labute approximate surface area is 144 Å². The van der Waals surface area contributed by atoms with Crippen LogP contribution < -0.4 is 0 Å². The highest BCUT2D eigenvalue weighted by Gasteiger charge is 2.26. The van der Waals surface area contributed by atoms with Gasteiger partial charge in [-0.05, 0) is 56.3 Å². The molecule has 0 spiro atoms. The largest absolute Gasteiger partial charge is 0.292 e. The molecule has 0 nitrogen and oxygen atoms in total. The van der Waals surface area contributed by atoms with Crippen molar-refractivity contribution in [1.29, 1.82) is 0 Å². The zero-order valence-electron chi connectivity index (χ0n) is 15.2. The van der Waals surface area contributed by atoms with Crippen molar-refractivity contribution in [2.24, 2.45) is 17.8 Å². The van der Waals surface area contributed by atoms with Crippen molar-refractivity contribution in [3.05, 3.63) is 35.5 Å². The van der Waals surface area contributed by atoms with E-state index in [0.717, 1.165) is 17.8 Å². The lowest BCUT2D eigenvalue weighted by atomic mass is 9.69. The molecule has 0 amide bonds. The van der Waals surface area contributed by atoms with Gasteiger partial charge in [-0.15, -0.1) is 11.1 Å². The molecule has 0 aromatic heterocycles. The lowest BCUT2D eigenvalue weighted by molar-refractivity contribution is 0.368. The monoisotopic (exact) mass is 311 g/mol. The molecule has 2 fully saturated rings. The van der Waals surface area contributed by atoms with E-state index in [1.165, 1.54) is 89.0 Å². The summed E-state index contributed by atoms with van der Waals surface area (Å²) in [6, 6.07) is 0. The smallest absolute Gasteiger partial charge is 0.0219 e. The Hall–Kier alpha value is -0.780. The Balaban J connectivity index is 1.90. The van der Waals surface area contributed by atoms with Gasteiger partial charge in [-0.25, -0.2) is 6.08 Å². The molecule has 0 saturated heterocycles. The third-order valence-corrected chi connectivity index (χ3v) is 6.52. The minimum absolute atomic E-state index is 0.776. The van der Waals surface area contributed by atoms with Gasteiger partial charge in [-0.2, -0.15) is 5.57 Å². The van der Waals surface area contributed by atoms with E-state index >= 15 is 0 Å². The van der Waals surface area contributed by atoms with Gasteiger partial charge < -0.3 is 0 Å². The Morgan fingerprint density at radius 2 is 1.57 bits per heavy atom. The molecule has 0 aromatic rings. The molecule has 0 N–H and O–H groups in total. The summed E-state index contributed by atoms with van der Waals surface area (Å²) in [5.74, 6) is 2.39. The second-order valence-corrected chi connectivity index (χ2v) is 8.15. The van der Waals surface area contributed by atoms with E-state index in [1.807, 2.05) is 6.08 Å². The van der Waals surface area contributed by atoms with Crippen molar-refractivity contribution in [3.8, 4) is 0 Å². The molecule has 0 heterocycles. The van der Waals surface area contributed by atoms with Crippen molar-refractivity contribution in [2.75, 3.05) is 0 Å². The van der Waals surface area contributed by atoms with Crippen LogP contribution in [0.2, 0.25) is 0 Å². The van der Waals surface area contributed by atoms with Gasteiger partial charge in [0.15, 0.2) is 0 Å². The molecule has 3 aliphatic carbocycles. The number of hydrogen-bond acceptors (Lipinski definition) is 0. The predicted molar refractivity (Wildman–Crippen MR) is 100 cm³/mol. The summed E-state index contributed by atoms with van der Waals surface area (Å²) in [7, 11) is 0. The molecule has 0 bridgehead atoms. The zero-order valence-corrected chi connectivity index (χ0v) is 15.2. The summed E-state index contributed by atoms with van der Waals surface area (Å²) in [6.07, 6.45) is 22.7. The quantitative estimate of drug-likeness (QED) is 0.472. The van der Waals surface area contributed by atoms with Gasteiger partial charge in [-0.3, -0.25) is 6.58 Å². The molecule has 23 heavy (non-hydrogen) atoms. The van der Waals surface area contributed by atoms with Crippen LogP contribution >= 0.6 is 0 Å². The average molecular weight is 312 g/mol. The summed E-state index contributed by atoms with van der Waals surface area (Å²) in [4.78, 5) is 0. The fourth-order valence-corrected chi connectivity index (χ4v) is 5.35. The van der Waals surface area contributed by atoms with Gasteiger partial charge in [0.1, 0.15) is 0 Å². The molecule has 0 radical (unpaired) electrons. The van der Waals surface area contributed by atoms with E-state index in [-0.39, 0.29) is 0 Å². The lowest BCUT2D eigenvalue weighted by Crippen LogP contribution is -2.21. The first kappa shape index (κ1) is 17.1. The predicted octanol–water partition coefficient (Wildman–Crippen LogP) is 7.18. The van der Waals surface area contributed by atoms with Gasteiger partial charge >= 0.3 is 0 Å². The van der Waals surface area contributed by atoms with E-state index in [0.29, 0.717) is 0 Å². The molecular weight excluding hydrogens is 276 g/mol. The Bertz CT molecular complexity index is 452. The molecule has 0 aliphatic heterocycles. The molecular formula is C23H35-. The molecule has 0 heteroatoms. The maximum atomic E-state index is 6.19. The van der Waals surface area contributed by atoms with Crippen molar-refractivity contribution < 1.29 is 0 Å². The van der Waals surface area contributed by atoms with Crippen LogP contribution in [-0.4, -0.2) is 0 Å². The van der Waals surface area contributed by atoms with Crippen LogP contribution in [0.3, 0.4) is 0 Å². The fourth-order valence-electron chi connectivity index (χ4n) is 5.35. The Kier molecular flexibility index (Phi) is 6.20. The normalized spacial score (nSPS) is 27.9. The Morgan fingerprint density at radius 1 is 0.957 bits per heavy atom. The van der Waals surface area contributed by atoms with Crippen LogP contribution in [-0.2, 0) is 0 Å². The Morgan fingerprint density at radius 3 is 2.13 bits per heavy atom. The van der Waals surface area contributed by atoms with E-state index in [9.17, 15) is 0 Å². The fraction of sp³-hybridized carbons (Fsp3) is 0.739. The second kappa shape index (κ2) is 8.36. The highest BCUT2D eigenvalue weighted by molar-refractivity contribution is 5.48. The summed E-state index contributed by atoms with van der Waals surface area (Å²) < 4.78 is 0. The second-order valence-electron chi connectivity index (χ2n) is 8.15. The van der Waals surface area contributed by atoms with Gasteiger partial charge in [0.05, 0.1) is 0 Å². The molecule has 3 rings (SSSR count). The molecule has 0 aromatic carbocycles. The number of rotatable bonds is 5. The van der Waals surface area contributed by atoms with E-state index in [4.69, 9.17) is 6.58 Å². The van der Waals surface area contributed by atoms with E-state index in [1.54, 1.807) is 11.1 Å². The van der Waals surface area contributed by atoms with Crippen molar-refractivity contribution >= 4 is 0 Å². The molecule has 2 saturated carbocycles. The van der Waals surface area contributed by atoms with E-state index in [2.05, 4.69) is 13.0 Å². The average Bonchev–Trinajstić information content (AvgIpc) is 2.63. The van der Waals surface area contributed by atoms with Gasteiger partial charge in [-0.1, -0.05) is 57.9 Å². The molecule has 3 aliphatic rings. The first-order valence-corrected chi connectivity index (χ1v) is 10.3. The van der Waals surface area contributed by atoms with Crippen LogP contribution in [0.15, 0.2) is 28.9 Å². The molecule has 128 valence electrons. The zero-order chi connectivity index (χ0) is 16.1. The van der Waals surface area contributed by atoms with Crippen molar-refractivity contribution in [2.45, 2.75) is 90.4 Å². The first-order chi connectivity index (χ1) is 11.3. The molecule has 1 atom stereocenters. The minimum atomic E-state index is 0.776. The standard InChI is InChI=1S/C23H35/c1-3-11-18-16-22(19-12-7-5-8-13-19)21(4-2)23(17-18)20-14-9-6-10-15-20/h2,4,16,18-20H,3,5-15,17H2,1H3/q-1. The van der Waals surface area contributed by atoms with Crippen LogP contribution in [0.4, 0.5) is 0 Å². The van der Waals surface area contributed by atoms with Crippen LogP contribution in [0, 0.1) is 24.3 Å². The summed E-state index contributed by atoms with van der Waals surface area (Å²) in [6.45, 7) is 8.53. The molecule has 1 unspecified atom stereocenters. The minimum Gasteiger partial charge on any atom is -0.292 e. The van der Waals surface area contributed by atoms with Gasteiger partial charge in [0.25, 0.3) is 0 Å². The highest BCUT2D eigenvalue weighted by atomic mass is 14.3. The maximum absolute atomic E-state index is 6.19. The van der Waals surface area contributed by atoms with E-state index < -0.39 is 0 Å². The first-order valence-electron chi connectivity index (χ1n) is 10.3. The van der Waals surface area contributed by atoms with Crippen LogP contribution in [0.1, 0.15) is 90.4 Å². The van der Waals surface area contributed by atoms with Crippen molar-refractivity contribution in [3.63, 3.8) is 0 Å². The van der Waals surface area contributed by atoms with Crippen molar-refractivity contribution in [1.82, 2.24) is 0 Å². The summed E-state index contributed by atoms with van der Waals surface area (Å²) in [5, 5.41) is 0. The number of allylic oxidation sites excluding steroid dienone is 5. The highest BCUT2D eigenvalue weighted by Crippen LogP contribution is 2.45. The topological polar surface area (TPSA) is 0 Å². The van der Waals surface area contributed by atoms with Gasteiger partial charge in [0, 0.05) is 0 Å². The van der Waals surface area contributed by atoms with Gasteiger partial charge in [0.2, 0.25) is 0 Å². The third-order valence-electron chi connectivity index (χ3n) is 6.52. The lowest BCUT2D eigenvalue weighted by Gasteiger charge is -2.41. The maximum Gasteiger partial charge on any atom is -0.0219 e.